The van der Waals surface area contributed by atoms with Gasteiger partial charge in [-0.2, -0.15) is 5.10 Å². The van der Waals surface area contributed by atoms with Gasteiger partial charge < -0.3 is 10.1 Å². The highest BCUT2D eigenvalue weighted by molar-refractivity contribution is 7.91. The number of benzene rings is 1. The van der Waals surface area contributed by atoms with Crippen LogP contribution in [0.1, 0.15) is 50.9 Å². The van der Waals surface area contributed by atoms with Crippen molar-refractivity contribution in [3.63, 3.8) is 0 Å². The van der Waals surface area contributed by atoms with Crippen LogP contribution in [0.2, 0.25) is 0 Å². The molecule has 0 radical (unpaired) electrons. The molecule has 0 saturated carbocycles. The third kappa shape index (κ3) is 5.38. The molecule has 0 bridgehead atoms. The number of hydrogen-bond acceptors (Lipinski definition) is 5. The maximum atomic E-state index is 12.6. The minimum atomic E-state index is -3.05. The topological polar surface area (TPSA) is 90.3 Å². The quantitative estimate of drug-likeness (QED) is 0.777. The second kappa shape index (κ2) is 8.18. The number of anilines is 1. The number of methoxy groups -OCH3 is 1. The zero-order chi connectivity index (χ0) is 21.2. The summed E-state index contributed by atoms with van der Waals surface area (Å²) >= 11 is 0. The van der Waals surface area contributed by atoms with Crippen LogP contribution >= 0.6 is 0 Å². The van der Waals surface area contributed by atoms with E-state index in [4.69, 9.17) is 4.74 Å². The zero-order valence-electron chi connectivity index (χ0n) is 17.4. The number of sulfone groups is 1. The third-order valence-electron chi connectivity index (χ3n) is 5.13. The van der Waals surface area contributed by atoms with Gasteiger partial charge >= 0.3 is 0 Å². The Morgan fingerprint density at radius 2 is 1.97 bits per heavy atom. The molecule has 0 spiro atoms. The summed E-state index contributed by atoms with van der Waals surface area (Å²) in [6.45, 7) is 6.13. The maximum Gasteiger partial charge on any atom is 0.225 e. The van der Waals surface area contributed by atoms with Crippen molar-refractivity contribution in [2.45, 2.75) is 51.5 Å². The average molecular weight is 420 g/mol. The predicted molar refractivity (Wildman–Crippen MR) is 113 cm³/mol. The molecule has 0 aliphatic carbocycles. The van der Waals surface area contributed by atoms with Crippen LogP contribution < -0.4 is 10.1 Å². The summed E-state index contributed by atoms with van der Waals surface area (Å²) in [4.78, 5) is 12.6. The molecule has 1 aromatic carbocycles. The minimum absolute atomic E-state index is 0.0625. The fourth-order valence-electron chi connectivity index (χ4n) is 3.36. The molecule has 3 rings (SSSR count). The summed E-state index contributed by atoms with van der Waals surface area (Å²) in [6, 6.07) is 9.25. The third-order valence-corrected chi connectivity index (χ3v) is 6.88. The van der Waals surface area contributed by atoms with Crippen molar-refractivity contribution in [3.8, 4) is 5.75 Å². The van der Waals surface area contributed by atoms with Gasteiger partial charge in [0.15, 0.2) is 9.84 Å². The van der Waals surface area contributed by atoms with Crippen LogP contribution in [0.15, 0.2) is 30.3 Å². The first kappa shape index (κ1) is 21.4. The maximum absolute atomic E-state index is 12.6. The summed E-state index contributed by atoms with van der Waals surface area (Å²) in [5.41, 5.74) is 1.67. The average Bonchev–Trinajstić information content (AvgIpc) is 3.23. The molecule has 1 saturated heterocycles. The van der Waals surface area contributed by atoms with Crippen molar-refractivity contribution < 1.29 is 17.9 Å². The Bertz CT molecular complexity index is 972. The zero-order valence-corrected chi connectivity index (χ0v) is 18.3. The fourth-order valence-corrected chi connectivity index (χ4v) is 5.05. The Morgan fingerprint density at radius 3 is 2.52 bits per heavy atom. The molecular weight excluding hydrogens is 390 g/mol. The molecular formula is C21H29N3O4S. The second-order valence-corrected chi connectivity index (χ2v) is 10.8. The monoisotopic (exact) mass is 419 g/mol. The molecule has 1 aromatic heterocycles. The van der Waals surface area contributed by atoms with Crippen molar-refractivity contribution in [1.82, 2.24) is 9.78 Å². The first-order valence-electron chi connectivity index (χ1n) is 9.80. The number of nitrogens with zero attached hydrogens (tertiary/aromatic N) is 2. The van der Waals surface area contributed by atoms with Gasteiger partial charge in [0.25, 0.3) is 0 Å². The number of hydrogen-bond donors (Lipinski definition) is 1. The number of rotatable bonds is 6. The van der Waals surface area contributed by atoms with E-state index < -0.39 is 9.84 Å². The highest BCUT2D eigenvalue weighted by atomic mass is 32.2. The van der Waals surface area contributed by atoms with Gasteiger partial charge in [0.2, 0.25) is 5.91 Å². The smallest absolute Gasteiger partial charge is 0.225 e. The number of nitrogens with one attached hydrogen (secondary N) is 1. The van der Waals surface area contributed by atoms with Gasteiger partial charge in [0.05, 0.1) is 30.4 Å². The first-order chi connectivity index (χ1) is 13.6. The van der Waals surface area contributed by atoms with Crippen LogP contribution in [0, 0.1) is 0 Å². The van der Waals surface area contributed by atoms with Crippen LogP contribution in [0.25, 0.3) is 0 Å². The standard InChI is InChI=1S/C21H29N3O4S/c1-21(2,3)18-13-19(24(23-18)16-11-12-29(26,27)14-16)22-20(25)10-7-15-5-8-17(28-4)9-6-15/h5-6,8-9,13,16H,7,10-12,14H2,1-4H3,(H,22,25). The lowest BCUT2D eigenvalue weighted by atomic mass is 9.92. The van der Waals surface area contributed by atoms with E-state index in [1.807, 2.05) is 51.1 Å². The first-order valence-corrected chi connectivity index (χ1v) is 11.6. The van der Waals surface area contributed by atoms with Gasteiger partial charge in [-0.1, -0.05) is 32.9 Å². The Morgan fingerprint density at radius 1 is 1.28 bits per heavy atom. The number of carbonyl (C=O) groups is 1. The van der Waals surface area contributed by atoms with Crippen molar-refractivity contribution in [3.05, 3.63) is 41.6 Å². The molecule has 158 valence electrons. The largest absolute Gasteiger partial charge is 0.497 e. The molecule has 7 nitrogen and oxygen atoms in total. The van der Waals surface area contributed by atoms with Crippen LogP contribution in [-0.2, 0) is 26.5 Å². The van der Waals surface area contributed by atoms with E-state index in [-0.39, 0.29) is 28.9 Å². The van der Waals surface area contributed by atoms with E-state index in [2.05, 4.69) is 10.4 Å². The number of ether oxygens (including phenoxy) is 1. The Hall–Kier alpha value is -2.35. The molecule has 1 fully saturated rings. The van der Waals surface area contributed by atoms with Crippen molar-refractivity contribution >= 4 is 21.6 Å². The normalized spacial score (nSPS) is 18.6. The minimum Gasteiger partial charge on any atom is -0.497 e. The summed E-state index contributed by atoms with van der Waals surface area (Å²) < 4.78 is 30.7. The molecule has 1 aliphatic heterocycles. The van der Waals surface area contributed by atoms with Crippen LogP contribution in [-0.4, -0.2) is 42.7 Å². The lowest BCUT2D eigenvalue weighted by Crippen LogP contribution is -2.20. The summed E-state index contributed by atoms with van der Waals surface area (Å²) in [5.74, 6) is 1.45. The molecule has 1 unspecified atom stereocenters. The van der Waals surface area contributed by atoms with Crippen LogP contribution in [0.4, 0.5) is 5.82 Å². The molecule has 2 aromatic rings. The Labute approximate surface area is 172 Å². The molecule has 1 amide bonds. The SMILES string of the molecule is COc1ccc(CCC(=O)Nc2cc(C(C)(C)C)nn2C2CCS(=O)(=O)C2)cc1. The number of amides is 1. The van der Waals surface area contributed by atoms with E-state index >= 15 is 0 Å². The summed E-state index contributed by atoms with van der Waals surface area (Å²) in [7, 11) is -1.43. The molecule has 29 heavy (non-hydrogen) atoms. The molecule has 1 atom stereocenters. The van der Waals surface area contributed by atoms with Crippen LogP contribution in [0.3, 0.4) is 0 Å². The van der Waals surface area contributed by atoms with E-state index in [0.29, 0.717) is 25.1 Å². The van der Waals surface area contributed by atoms with Crippen molar-refractivity contribution in [1.29, 1.82) is 0 Å². The molecule has 1 aliphatic rings. The number of aryl methyl sites for hydroxylation is 1. The molecule has 1 N–H and O–H groups in total. The van der Waals surface area contributed by atoms with Crippen LogP contribution in [0.5, 0.6) is 5.75 Å². The Kier molecular flexibility index (Phi) is 6.03. The molecule has 8 heteroatoms. The molecule has 2 heterocycles. The van der Waals surface area contributed by atoms with Crippen molar-refractivity contribution in [2.24, 2.45) is 0 Å². The highest BCUT2D eigenvalue weighted by Gasteiger charge is 2.32. The van der Waals surface area contributed by atoms with E-state index in [9.17, 15) is 13.2 Å². The fraction of sp³-hybridized carbons (Fsp3) is 0.524. The van der Waals surface area contributed by atoms with Gasteiger partial charge in [-0.3, -0.25) is 4.79 Å². The van der Waals surface area contributed by atoms with Crippen molar-refractivity contribution in [2.75, 3.05) is 23.9 Å². The van der Waals surface area contributed by atoms with E-state index in [0.717, 1.165) is 17.0 Å². The summed E-state index contributed by atoms with van der Waals surface area (Å²) in [6.07, 6.45) is 1.45. The van der Waals surface area contributed by atoms with E-state index in [1.54, 1.807) is 11.8 Å². The number of carbonyl (C=O) groups excluding carboxylic acids is 1. The summed E-state index contributed by atoms with van der Waals surface area (Å²) in [5, 5.41) is 7.59. The Balaban J connectivity index is 1.72. The predicted octanol–water partition coefficient (Wildman–Crippen LogP) is 3.12. The van der Waals surface area contributed by atoms with E-state index in [1.165, 1.54) is 0 Å². The van der Waals surface area contributed by atoms with Gasteiger partial charge in [-0.05, 0) is 30.5 Å². The lowest BCUT2D eigenvalue weighted by molar-refractivity contribution is -0.116. The van der Waals surface area contributed by atoms with Gasteiger partial charge in [0.1, 0.15) is 11.6 Å². The van der Waals surface area contributed by atoms with Gasteiger partial charge in [0, 0.05) is 17.9 Å². The lowest BCUT2D eigenvalue weighted by Gasteiger charge is -2.15. The van der Waals surface area contributed by atoms with Gasteiger partial charge in [-0.25, -0.2) is 13.1 Å². The highest BCUT2D eigenvalue weighted by Crippen LogP contribution is 2.31. The second-order valence-electron chi connectivity index (χ2n) is 8.56. The number of aromatic nitrogens is 2. The van der Waals surface area contributed by atoms with Gasteiger partial charge in [-0.15, -0.1) is 0 Å².